The van der Waals surface area contributed by atoms with E-state index < -0.39 is 17.5 Å². The molecule has 1 aromatic carbocycles. The Hall–Kier alpha value is -2.14. The maximum Gasteiger partial charge on any atom is 0.336 e. The highest BCUT2D eigenvalue weighted by molar-refractivity contribution is 5.86. The molecule has 0 bridgehead atoms. The van der Waals surface area contributed by atoms with Crippen LogP contribution in [-0.2, 0) is 4.79 Å². The highest BCUT2D eigenvalue weighted by atomic mass is 16.4. The molecule has 0 radical (unpaired) electrons. The van der Waals surface area contributed by atoms with Crippen LogP contribution in [0.4, 0.5) is 0 Å². The van der Waals surface area contributed by atoms with Crippen LogP contribution in [0.15, 0.2) is 39.5 Å². The summed E-state index contributed by atoms with van der Waals surface area (Å²) in [7, 11) is 0. The van der Waals surface area contributed by atoms with Gasteiger partial charge in [0.05, 0.1) is 5.92 Å². The number of hydrogen-bond donors (Lipinski definition) is 2. The second-order valence-electron chi connectivity index (χ2n) is 3.65. The lowest BCUT2D eigenvalue weighted by Crippen LogP contribution is -2.21. The molecule has 0 spiro atoms. The number of carbonyl (C=O) groups is 1. The number of rotatable bonds is 3. The quantitative estimate of drug-likeness (QED) is 0.769. The van der Waals surface area contributed by atoms with Gasteiger partial charge >= 0.3 is 11.6 Å². The first kappa shape index (κ1) is 11.3. The van der Waals surface area contributed by atoms with Gasteiger partial charge in [-0.1, -0.05) is 18.2 Å². The number of hydrogen-bond acceptors (Lipinski definition) is 4. The summed E-state index contributed by atoms with van der Waals surface area (Å²) in [6, 6.07) is 7.96. The van der Waals surface area contributed by atoms with Gasteiger partial charge in [-0.3, -0.25) is 4.79 Å². The molecule has 0 aliphatic heterocycles. The fourth-order valence-corrected chi connectivity index (χ4v) is 1.75. The first-order valence-electron chi connectivity index (χ1n) is 5.09. The van der Waals surface area contributed by atoms with E-state index in [1.807, 2.05) is 0 Å². The lowest BCUT2D eigenvalue weighted by molar-refractivity contribution is -0.138. The van der Waals surface area contributed by atoms with Gasteiger partial charge in [-0.15, -0.1) is 0 Å². The SMILES string of the molecule is NCC(C(=O)O)c1cccc2ccc(=O)oc12. The summed E-state index contributed by atoms with van der Waals surface area (Å²) >= 11 is 0. The number of aliphatic carboxylic acids is 1. The summed E-state index contributed by atoms with van der Waals surface area (Å²) < 4.78 is 5.05. The van der Waals surface area contributed by atoms with Gasteiger partial charge in [-0.25, -0.2) is 4.79 Å². The molecule has 2 aromatic rings. The lowest BCUT2D eigenvalue weighted by atomic mass is 9.97. The summed E-state index contributed by atoms with van der Waals surface area (Å²) in [5.74, 6) is -1.91. The predicted molar refractivity (Wildman–Crippen MR) is 61.9 cm³/mol. The Morgan fingerprint density at radius 3 is 2.76 bits per heavy atom. The lowest BCUT2D eigenvalue weighted by Gasteiger charge is -2.11. The molecule has 1 aromatic heterocycles. The number of para-hydroxylation sites is 1. The second-order valence-corrected chi connectivity index (χ2v) is 3.65. The molecule has 0 saturated carbocycles. The Morgan fingerprint density at radius 2 is 2.12 bits per heavy atom. The molecule has 2 rings (SSSR count). The zero-order valence-electron chi connectivity index (χ0n) is 8.92. The second kappa shape index (κ2) is 4.39. The van der Waals surface area contributed by atoms with Crippen LogP contribution >= 0.6 is 0 Å². The van der Waals surface area contributed by atoms with Gasteiger partial charge in [0.2, 0.25) is 0 Å². The first-order chi connectivity index (χ1) is 8.13. The molecule has 1 unspecified atom stereocenters. The summed E-state index contributed by atoms with van der Waals surface area (Å²) in [5, 5.41) is 9.74. The smallest absolute Gasteiger partial charge is 0.336 e. The van der Waals surface area contributed by atoms with Crippen LogP contribution in [0.1, 0.15) is 11.5 Å². The van der Waals surface area contributed by atoms with Crippen molar-refractivity contribution in [2.24, 2.45) is 5.73 Å². The van der Waals surface area contributed by atoms with Crippen LogP contribution in [-0.4, -0.2) is 17.6 Å². The van der Waals surface area contributed by atoms with Crippen molar-refractivity contribution in [1.29, 1.82) is 0 Å². The average Bonchev–Trinajstić information content (AvgIpc) is 2.30. The van der Waals surface area contributed by atoms with Crippen LogP contribution in [0.2, 0.25) is 0 Å². The average molecular weight is 233 g/mol. The maximum atomic E-state index is 11.2. The Balaban J connectivity index is 2.72. The predicted octanol–water partition coefficient (Wildman–Crippen LogP) is 0.920. The van der Waals surface area contributed by atoms with Gasteiger partial charge in [0, 0.05) is 23.6 Å². The summed E-state index contributed by atoms with van der Waals surface area (Å²) in [4.78, 5) is 22.2. The number of carboxylic acid groups (broad SMARTS) is 1. The van der Waals surface area contributed by atoms with Gasteiger partial charge < -0.3 is 15.3 Å². The van der Waals surface area contributed by atoms with E-state index in [0.29, 0.717) is 10.9 Å². The van der Waals surface area contributed by atoms with E-state index in [2.05, 4.69) is 0 Å². The highest BCUT2D eigenvalue weighted by Gasteiger charge is 2.21. The molecule has 3 N–H and O–H groups in total. The van der Waals surface area contributed by atoms with Crippen molar-refractivity contribution in [3.05, 3.63) is 46.3 Å². The molecule has 5 nitrogen and oxygen atoms in total. The maximum absolute atomic E-state index is 11.2. The number of carboxylic acids is 1. The van der Waals surface area contributed by atoms with Gasteiger partial charge in [0.25, 0.3) is 0 Å². The summed E-state index contributed by atoms with van der Waals surface area (Å²) in [6.07, 6.45) is 0. The van der Waals surface area contributed by atoms with Crippen LogP contribution in [0.3, 0.4) is 0 Å². The van der Waals surface area contributed by atoms with Gasteiger partial charge in [0.15, 0.2) is 0 Å². The molecule has 5 heteroatoms. The third kappa shape index (κ3) is 2.05. The molecule has 0 aliphatic rings. The Labute approximate surface area is 96.5 Å². The fourth-order valence-electron chi connectivity index (χ4n) is 1.75. The van der Waals surface area contributed by atoms with Crippen molar-refractivity contribution in [2.75, 3.05) is 6.54 Å². The fraction of sp³-hybridized carbons (Fsp3) is 0.167. The highest BCUT2D eigenvalue weighted by Crippen LogP contribution is 2.24. The molecule has 17 heavy (non-hydrogen) atoms. The van der Waals surface area contributed by atoms with E-state index in [9.17, 15) is 9.59 Å². The first-order valence-corrected chi connectivity index (χ1v) is 5.09. The molecule has 0 saturated heterocycles. The molecule has 0 amide bonds. The number of nitrogens with two attached hydrogens (primary N) is 1. The zero-order chi connectivity index (χ0) is 12.4. The molecule has 0 aliphatic carbocycles. The topological polar surface area (TPSA) is 93.5 Å². The van der Waals surface area contributed by atoms with E-state index in [1.54, 1.807) is 24.3 Å². The van der Waals surface area contributed by atoms with E-state index in [-0.39, 0.29) is 12.1 Å². The minimum absolute atomic E-state index is 0.0486. The summed E-state index contributed by atoms with van der Waals surface area (Å²) in [5.41, 5.74) is 5.64. The van der Waals surface area contributed by atoms with Gasteiger partial charge in [-0.2, -0.15) is 0 Å². The van der Waals surface area contributed by atoms with Crippen LogP contribution < -0.4 is 11.4 Å². The molecule has 88 valence electrons. The normalized spacial score (nSPS) is 12.5. The molecule has 1 heterocycles. The summed E-state index contributed by atoms with van der Waals surface area (Å²) in [6.45, 7) is -0.0486. The van der Waals surface area contributed by atoms with Crippen molar-refractivity contribution >= 4 is 16.9 Å². The van der Waals surface area contributed by atoms with Gasteiger partial charge in [-0.05, 0) is 6.07 Å². The molecule has 0 fully saturated rings. The number of benzene rings is 1. The third-order valence-corrected chi connectivity index (χ3v) is 2.59. The Bertz CT molecular complexity index is 617. The van der Waals surface area contributed by atoms with Crippen molar-refractivity contribution in [3.63, 3.8) is 0 Å². The van der Waals surface area contributed by atoms with E-state index in [0.717, 1.165) is 0 Å². The Morgan fingerprint density at radius 1 is 1.35 bits per heavy atom. The van der Waals surface area contributed by atoms with Crippen LogP contribution in [0, 0.1) is 0 Å². The van der Waals surface area contributed by atoms with Crippen molar-refractivity contribution in [3.8, 4) is 0 Å². The van der Waals surface area contributed by atoms with Crippen molar-refractivity contribution in [1.82, 2.24) is 0 Å². The van der Waals surface area contributed by atoms with Crippen molar-refractivity contribution < 1.29 is 14.3 Å². The zero-order valence-corrected chi connectivity index (χ0v) is 8.92. The monoisotopic (exact) mass is 233 g/mol. The van der Waals surface area contributed by atoms with Crippen molar-refractivity contribution in [2.45, 2.75) is 5.92 Å². The molecule has 1 atom stereocenters. The number of fused-ring (bicyclic) bond motifs is 1. The third-order valence-electron chi connectivity index (χ3n) is 2.59. The standard InChI is InChI=1S/C12H11NO4/c13-6-9(12(15)16)8-3-1-2-7-4-5-10(14)17-11(7)8/h1-5,9H,6,13H2,(H,15,16). The van der Waals surface area contributed by atoms with Crippen LogP contribution in [0.25, 0.3) is 11.0 Å². The molecular weight excluding hydrogens is 222 g/mol. The minimum atomic E-state index is -1.04. The minimum Gasteiger partial charge on any atom is -0.481 e. The van der Waals surface area contributed by atoms with Crippen LogP contribution in [0.5, 0.6) is 0 Å². The van der Waals surface area contributed by atoms with Gasteiger partial charge in [0.1, 0.15) is 5.58 Å². The van der Waals surface area contributed by atoms with E-state index in [4.69, 9.17) is 15.3 Å². The van der Waals surface area contributed by atoms with E-state index >= 15 is 0 Å². The largest absolute Gasteiger partial charge is 0.481 e. The van der Waals surface area contributed by atoms with E-state index in [1.165, 1.54) is 6.07 Å². The molecular formula is C12H11NO4. The Kier molecular flexibility index (Phi) is 2.93.